The fourth-order valence-electron chi connectivity index (χ4n) is 2.94. The van der Waals surface area contributed by atoms with E-state index in [1.807, 2.05) is 72.1 Å². The third kappa shape index (κ3) is 4.59. The molecular formula is C24H19N3OS. The molecule has 1 N–H and O–H groups in total. The first-order valence-corrected chi connectivity index (χ1v) is 10.1. The van der Waals surface area contributed by atoms with Gasteiger partial charge in [0.2, 0.25) is 0 Å². The summed E-state index contributed by atoms with van der Waals surface area (Å²) >= 11 is 1.39. The van der Waals surface area contributed by atoms with Gasteiger partial charge in [0, 0.05) is 17.1 Å². The average Bonchev–Trinajstić information content (AvgIpc) is 3.32. The van der Waals surface area contributed by atoms with Gasteiger partial charge in [0.15, 0.2) is 0 Å². The first kappa shape index (κ1) is 18.7. The van der Waals surface area contributed by atoms with E-state index < -0.39 is 0 Å². The summed E-state index contributed by atoms with van der Waals surface area (Å²) in [7, 11) is 0. The van der Waals surface area contributed by atoms with E-state index in [4.69, 9.17) is 0 Å². The third-order valence-corrected chi connectivity index (χ3v) is 5.17. The van der Waals surface area contributed by atoms with Crippen LogP contribution in [0.1, 0.15) is 15.2 Å². The Morgan fingerprint density at radius 2 is 1.34 bits per heavy atom. The van der Waals surface area contributed by atoms with Gasteiger partial charge in [-0.1, -0.05) is 54.6 Å². The molecule has 0 saturated carbocycles. The standard InChI is InChI=1S/C24H19N3OS/c28-24(23-12-7-17-29-23)26-25-18-19-13-15-22(16-14-19)27(20-8-3-1-4-9-20)21-10-5-2-6-11-21/h1-18H,(H,26,28). The average molecular weight is 398 g/mol. The zero-order valence-corrected chi connectivity index (χ0v) is 16.4. The molecule has 1 amide bonds. The van der Waals surface area contributed by atoms with E-state index in [0.717, 1.165) is 22.6 Å². The molecule has 142 valence electrons. The number of carbonyl (C=O) groups is 1. The van der Waals surface area contributed by atoms with Gasteiger partial charge in [0.1, 0.15) is 0 Å². The lowest BCUT2D eigenvalue weighted by Crippen LogP contribution is -2.16. The van der Waals surface area contributed by atoms with E-state index in [9.17, 15) is 4.79 Å². The number of nitrogens with zero attached hydrogens (tertiary/aromatic N) is 2. The molecule has 29 heavy (non-hydrogen) atoms. The second kappa shape index (κ2) is 8.99. The van der Waals surface area contributed by atoms with E-state index in [-0.39, 0.29) is 5.91 Å². The van der Waals surface area contributed by atoms with Gasteiger partial charge >= 0.3 is 0 Å². The number of carbonyl (C=O) groups excluding carboxylic acids is 1. The van der Waals surface area contributed by atoms with Crippen LogP contribution in [0, 0.1) is 0 Å². The second-order valence-electron chi connectivity index (χ2n) is 6.27. The Kier molecular flexibility index (Phi) is 5.78. The normalized spacial score (nSPS) is 10.8. The number of thiophene rings is 1. The fourth-order valence-corrected chi connectivity index (χ4v) is 3.55. The van der Waals surface area contributed by atoms with Crippen molar-refractivity contribution in [2.45, 2.75) is 0 Å². The lowest BCUT2D eigenvalue weighted by Gasteiger charge is -2.25. The van der Waals surface area contributed by atoms with Crippen molar-refractivity contribution in [2.24, 2.45) is 5.10 Å². The molecule has 3 aromatic carbocycles. The van der Waals surface area contributed by atoms with E-state index >= 15 is 0 Å². The predicted octanol–water partition coefficient (Wildman–Crippen LogP) is 5.98. The summed E-state index contributed by atoms with van der Waals surface area (Å²) < 4.78 is 0. The van der Waals surface area contributed by atoms with Gasteiger partial charge in [-0.2, -0.15) is 5.10 Å². The number of anilines is 3. The minimum atomic E-state index is -0.202. The Labute approximate surface area is 173 Å². The Balaban J connectivity index is 1.53. The van der Waals surface area contributed by atoms with Gasteiger partial charge in [-0.3, -0.25) is 4.79 Å². The van der Waals surface area contributed by atoms with Crippen LogP contribution in [0.2, 0.25) is 0 Å². The number of amides is 1. The smallest absolute Gasteiger partial charge is 0.281 e. The van der Waals surface area contributed by atoms with Crippen LogP contribution in [-0.4, -0.2) is 12.1 Å². The molecule has 5 heteroatoms. The Morgan fingerprint density at radius 3 is 1.90 bits per heavy atom. The lowest BCUT2D eigenvalue weighted by molar-refractivity contribution is 0.0959. The predicted molar refractivity (Wildman–Crippen MR) is 121 cm³/mol. The van der Waals surface area contributed by atoms with Crippen LogP contribution in [0.3, 0.4) is 0 Å². The molecule has 0 radical (unpaired) electrons. The highest BCUT2D eigenvalue weighted by Gasteiger charge is 2.11. The molecule has 4 nitrogen and oxygen atoms in total. The molecule has 0 bridgehead atoms. The van der Waals surface area contributed by atoms with Crippen molar-refractivity contribution in [1.82, 2.24) is 5.43 Å². The maximum absolute atomic E-state index is 11.9. The van der Waals surface area contributed by atoms with Crippen LogP contribution in [0.25, 0.3) is 0 Å². The molecule has 1 heterocycles. The molecule has 0 spiro atoms. The second-order valence-corrected chi connectivity index (χ2v) is 7.22. The van der Waals surface area contributed by atoms with Crippen LogP contribution in [0.4, 0.5) is 17.1 Å². The SMILES string of the molecule is O=C(NN=Cc1ccc(N(c2ccccc2)c2ccccc2)cc1)c1cccs1. The van der Waals surface area contributed by atoms with Crippen LogP contribution in [-0.2, 0) is 0 Å². The maximum atomic E-state index is 11.9. The van der Waals surface area contributed by atoms with Crippen molar-refractivity contribution in [3.8, 4) is 0 Å². The number of para-hydroxylation sites is 2. The van der Waals surface area contributed by atoms with Gasteiger partial charge < -0.3 is 4.90 Å². The topological polar surface area (TPSA) is 44.7 Å². The molecule has 0 aliphatic heterocycles. The third-order valence-electron chi connectivity index (χ3n) is 4.30. The van der Waals surface area contributed by atoms with Crippen molar-refractivity contribution < 1.29 is 4.79 Å². The van der Waals surface area contributed by atoms with Gasteiger partial charge in [-0.25, -0.2) is 5.43 Å². The summed E-state index contributed by atoms with van der Waals surface area (Å²) in [5, 5.41) is 5.92. The number of rotatable bonds is 6. The molecule has 4 rings (SSSR count). The molecule has 0 atom stereocenters. The highest BCUT2D eigenvalue weighted by atomic mass is 32.1. The summed E-state index contributed by atoms with van der Waals surface area (Å²) in [4.78, 5) is 14.8. The monoisotopic (exact) mass is 397 g/mol. The Hall–Kier alpha value is -3.70. The summed E-state index contributed by atoms with van der Waals surface area (Å²) in [6.07, 6.45) is 1.64. The summed E-state index contributed by atoms with van der Waals surface area (Å²) in [6.45, 7) is 0. The molecule has 4 aromatic rings. The van der Waals surface area contributed by atoms with E-state index in [1.165, 1.54) is 11.3 Å². The van der Waals surface area contributed by atoms with Crippen LogP contribution in [0.15, 0.2) is 108 Å². The summed E-state index contributed by atoms with van der Waals surface area (Å²) in [5.41, 5.74) is 6.67. The number of benzene rings is 3. The molecular weight excluding hydrogens is 378 g/mol. The highest BCUT2D eigenvalue weighted by molar-refractivity contribution is 7.12. The van der Waals surface area contributed by atoms with Crippen LogP contribution < -0.4 is 10.3 Å². The van der Waals surface area contributed by atoms with Crippen molar-refractivity contribution in [2.75, 3.05) is 4.90 Å². The number of hydrogen-bond acceptors (Lipinski definition) is 4. The summed E-state index contributed by atoms with van der Waals surface area (Å²) in [5.74, 6) is -0.202. The molecule has 0 aliphatic carbocycles. The van der Waals surface area contributed by atoms with Gasteiger partial charge in [-0.05, 0) is 53.4 Å². The quantitative estimate of drug-likeness (QED) is 0.321. The van der Waals surface area contributed by atoms with Gasteiger partial charge in [0.25, 0.3) is 5.91 Å². The highest BCUT2D eigenvalue weighted by Crippen LogP contribution is 2.33. The van der Waals surface area contributed by atoms with Gasteiger partial charge in [-0.15, -0.1) is 11.3 Å². The van der Waals surface area contributed by atoms with Crippen molar-refractivity contribution in [3.63, 3.8) is 0 Å². The molecule has 0 saturated heterocycles. The maximum Gasteiger partial charge on any atom is 0.281 e. The number of hydrazone groups is 1. The van der Waals surface area contributed by atoms with E-state index in [0.29, 0.717) is 4.88 Å². The van der Waals surface area contributed by atoms with E-state index in [2.05, 4.69) is 39.7 Å². The zero-order chi connectivity index (χ0) is 19.9. The Bertz CT molecular complexity index is 1040. The molecule has 0 aliphatic rings. The van der Waals surface area contributed by atoms with Crippen molar-refractivity contribution in [1.29, 1.82) is 0 Å². The van der Waals surface area contributed by atoms with Crippen LogP contribution in [0.5, 0.6) is 0 Å². The van der Waals surface area contributed by atoms with Crippen LogP contribution >= 0.6 is 11.3 Å². The Morgan fingerprint density at radius 1 is 0.759 bits per heavy atom. The molecule has 1 aromatic heterocycles. The first-order valence-electron chi connectivity index (χ1n) is 9.18. The molecule has 0 unspecified atom stereocenters. The minimum absolute atomic E-state index is 0.202. The van der Waals surface area contributed by atoms with Crippen molar-refractivity contribution >= 4 is 40.5 Å². The lowest BCUT2D eigenvalue weighted by atomic mass is 10.1. The minimum Gasteiger partial charge on any atom is -0.311 e. The molecule has 0 fully saturated rings. The number of hydrogen-bond donors (Lipinski definition) is 1. The van der Waals surface area contributed by atoms with Crippen molar-refractivity contribution in [3.05, 3.63) is 113 Å². The number of nitrogens with one attached hydrogen (secondary N) is 1. The fraction of sp³-hybridized carbons (Fsp3) is 0. The largest absolute Gasteiger partial charge is 0.311 e. The first-order chi connectivity index (χ1) is 14.3. The van der Waals surface area contributed by atoms with Gasteiger partial charge in [0.05, 0.1) is 11.1 Å². The zero-order valence-electron chi connectivity index (χ0n) is 15.6. The van der Waals surface area contributed by atoms with E-state index in [1.54, 1.807) is 12.3 Å². The summed E-state index contributed by atoms with van der Waals surface area (Å²) in [6, 6.07) is 32.1.